The smallest absolute Gasteiger partial charge is 0.229 e. The highest BCUT2D eigenvalue weighted by Gasteiger charge is 2.14. The maximum absolute atomic E-state index is 9.68. The molecular weight excluding hydrogens is 224 g/mol. The average molecular weight is 238 g/mol. The van der Waals surface area contributed by atoms with Crippen molar-refractivity contribution in [3.63, 3.8) is 0 Å². The van der Waals surface area contributed by atoms with Crippen molar-refractivity contribution in [2.45, 2.75) is 19.8 Å². The summed E-state index contributed by atoms with van der Waals surface area (Å²) in [4.78, 5) is 4.15. The molecule has 1 aromatic carbocycles. The van der Waals surface area contributed by atoms with Gasteiger partial charge >= 0.3 is 0 Å². The molecule has 0 atom stereocenters. The van der Waals surface area contributed by atoms with Gasteiger partial charge in [-0.1, -0.05) is 44.2 Å². The number of nitriles is 1. The summed E-state index contributed by atoms with van der Waals surface area (Å²) in [6.07, 6.45) is 0. The van der Waals surface area contributed by atoms with Gasteiger partial charge in [0.2, 0.25) is 5.88 Å². The number of nitrogens with zero attached hydrogens (tertiary/aromatic N) is 2. The summed E-state index contributed by atoms with van der Waals surface area (Å²) in [6.45, 7) is 4.03. The first-order valence-electron chi connectivity index (χ1n) is 5.83. The first-order chi connectivity index (χ1) is 8.63. The zero-order valence-corrected chi connectivity index (χ0v) is 10.4. The van der Waals surface area contributed by atoms with Gasteiger partial charge in [0.05, 0.1) is 5.69 Å². The van der Waals surface area contributed by atoms with Crippen LogP contribution in [0.1, 0.15) is 31.0 Å². The number of aromatic nitrogens is 1. The van der Waals surface area contributed by atoms with Crippen LogP contribution in [0, 0.1) is 11.3 Å². The molecule has 0 aliphatic carbocycles. The molecule has 18 heavy (non-hydrogen) atoms. The van der Waals surface area contributed by atoms with Crippen LogP contribution < -0.4 is 0 Å². The Labute approximate surface area is 106 Å². The summed E-state index contributed by atoms with van der Waals surface area (Å²) in [5.74, 6) is -0.0141. The molecule has 3 heteroatoms. The molecule has 2 aromatic rings. The molecule has 2 rings (SSSR count). The van der Waals surface area contributed by atoms with E-state index in [2.05, 4.69) is 4.98 Å². The van der Waals surface area contributed by atoms with Crippen LogP contribution >= 0.6 is 0 Å². The predicted molar refractivity (Wildman–Crippen MR) is 70.1 cm³/mol. The molecule has 0 radical (unpaired) electrons. The third-order valence-electron chi connectivity index (χ3n) is 2.78. The maximum atomic E-state index is 9.68. The molecule has 0 amide bonds. The Balaban J connectivity index is 2.69. The van der Waals surface area contributed by atoms with Gasteiger partial charge in [0.15, 0.2) is 0 Å². The summed E-state index contributed by atoms with van der Waals surface area (Å²) in [5, 5.41) is 18.6. The molecule has 0 unspecified atom stereocenters. The van der Waals surface area contributed by atoms with Gasteiger partial charge in [0.25, 0.3) is 0 Å². The zero-order chi connectivity index (χ0) is 13.1. The SMILES string of the molecule is CC(C)c1nc(O)c(C#N)cc1-c1ccccc1. The molecule has 1 heterocycles. The van der Waals surface area contributed by atoms with E-state index in [1.165, 1.54) is 0 Å². The van der Waals surface area contributed by atoms with Gasteiger partial charge in [0.1, 0.15) is 11.6 Å². The summed E-state index contributed by atoms with van der Waals surface area (Å²) >= 11 is 0. The molecule has 3 nitrogen and oxygen atoms in total. The highest BCUT2D eigenvalue weighted by Crippen LogP contribution is 2.31. The van der Waals surface area contributed by atoms with E-state index in [1.807, 2.05) is 50.2 Å². The normalized spacial score (nSPS) is 10.3. The van der Waals surface area contributed by atoms with Crippen LogP contribution in [-0.2, 0) is 0 Å². The highest BCUT2D eigenvalue weighted by atomic mass is 16.3. The lowest BCUT2D eigenvalue weighted by Gasteiger charge is -2.13. The second-order valence-electron chi connectivity index (χ2n) is 4.42. The zero-order valence-electron chi connectivity index (χ0n) is 10.4. The quantitative estimate of drug-likeness (QED) is 0.871. The van der Waals surface area contributed by atoms with Gasteiger partial charge in [-0.2, -0.15) is 5.26 Å². The van der Waals surface area contributed by atoms with Gasteiger partial charge in [-0.3, -0.25) is 0 Å². The Kier molecular flexibility index (Phi) is 3.29. The molecule has 0 saturated carbocycles. The number of benzene rings is 1. The Bertz CT molecular complexity index is 598. The minimum Gasteiger partial charge on any atom is -0.492 e. The van der Waals surface area contributed by atoms with E-state index in [0.29, 0.717) is 0 Å². The van der Waals surface area contributed by atoms with Crippen LogP contribution in [0.25, 0.3) is 11.1 Å². The second-order valence-corrected chi connectivity index (χ2v) is 4.42. The molecule has 1 aromatic heterocycles. The number of aromatic hydroxyl groups is 1. The van der Waals surface area contributed by atoms with Crippen molar-refractivity contribution >= 4 is 0 Å². The van der Waals surface area contributed by atoms with Crippen LogP contribution in [0.5, 0.6) is 5.88 Å². The summed E-state index contributed by atoms with van der Waals surface area (Å²) in [6, 6.07) is 13.4. The van der Waals surface area contributed by atoms with Crippen molar-refractivity contribution in [3.05, 3.63) is 47.7 Å². The van der Waals surface area contributed by atoms with E-state index in [9.17, 15) is 5.11 Å². The molecule has 1 N–H and O–H groups in total. The number of pyridine rings is 1. The van der Waals surface area contributed by atoms with Crippen LogP contribution in [0.3, 0.4) is 0 Å². The molecule has 0 aliphatic heterocycles. The minimum atomic E-state index is -0.194. The second kappa shape index (κ2) is 4.89. The van der Waals surface area contributed by atoms with E-state index in [-0.39, 0.29) is 17.4 Å². The van der Waals surface area contributed by atoms with E-state index in [0.717, 1.165) is 16.8 Å². The van der Waals surface area contributed by atoms with Crippen LogP contribution in [0.2, 0.25) is 0 Å². The lowest BCUT2D eigenvalue weighted by atomic mass is 9.96. The number of hydrogen-bond acceptors (Lipinski definition) is 3. The van der Waals surface area contributed by atoms with E-state index in [1.54, 1.807) is 6.07 Å². The number of rotatable bonds is 2. The minimum absolute atomic E-state index is 0.179. The fraction of sp³-hybridized carbons (Fsp3) is 0.200. The van der Waals surface area contributed by atoms with Gasteiger partial charge in [-0.05, 0) is 17.5 Å². The van der Waals surface area contributed by atoms with Crippen molar-refractivity contribution in [2.75, 3.05) is 0 Å². The molecule has 0 bridgehead atoms. The Morgan fingerprint density at radius 1 is 1.22 bits per heavy atom. The number of hydrogen-bond donors (Lipinski definition) is 1. The van der Waals surface area contributed by atoms with Gasteiger partial charge < -0.3 is 5.11 Å². The van der Waals surface area contributed by atoms with E-state index < -0.39 is 0 Å². The maximum Gasteiger partial charge on any atom is 0.229 e. The van der Waals surface area contributed by atoms with Crippen molar-refractivity contribution in [2.24, 2.45) is 0 Å². The standard InChI is InChI=1S/C15H14N2O/c1-10(2)14-13(11-6-4-3-5-7-11)8-12(9-16)15(18)17-14/h3-8,10H,1-2H3,(H,17,18). The predicted octanol–water partition coefficient (Wildman–Crippen LogP) is 3.45. The molecule has 90 valence electrons. The summed E-state index contributed by atoms with van der Waals surface area (Å²) < 4.78 is 0. The molecule has 0 spiro atoms. The molecule has 0 fully saturated rings. The molecule has 0 aliphatic rings. The Morgan fingerprint density at radius 3 is 2.44 bits per heavy atom. The monoisotopic (exact) mass is 238 g/mol. The van der Waals surface area contributed by atoms with Gasteiger partial charge in [0, 0.05) is 5.56 Å². The lowest BCUT2D eigenvalue weighted by molar-refractivity contribution is 0.448. The van der Waals surface area contributed by atoms with Crippen molar-refractivity contribution in [1.29, 1.82) is 5.26 Å². The van der Waals surface area contributed by atoms with Gasteiger partial charge in [-0.25, -0.2) is 4.98 Å². The van der Waals surface area contributed by atoms with Crippen molar-refractivity contribution in [3.8, 4) is 23.1 Å². The largest absolute Gasteiger partial charge is 0.492 e. The van der Waals surface area contributed by atoms with Crippen molar-refractivity contribution < 1.29 is 5.11 Å². The fourth-order valence-electron chi connectivity index (χ4n) is 1.89. The van der Waals surface area contributed by atoms with Crippen LogP contribution in [-0.4, -0.2) is 10.1 Å². The van der Waals surface area contributed by atoms with E-state index in [4.69, 9.17) is 5.26 Å². The highest BCUT2D eigenvalue weighted by molar-refractivity contribution is 5.69. The first kappa shape index (κ1) is 12.1. The summed E-state index contributed by atoms with van der Waals surface area (Å²) in [7, 11) is 0. The Morgan fingerprint density at radius 2 is 1.89 bits per heavy atom. The third-order valence-corrected chi connectivity index (χ3v) is 2.78. The molecule has 0 saturated heterocycles. The average Bonchev–Trinajstić information content (AvgIpc) is 2.39. The van der Waals surface area contributed by atoms with E-state index >= 15 is 0 Å². The Hall–Kier alpha value is -2.34. The lowest BCUT2D eigenvalue weighted by Crippen LogP contribution is -1.98. The van der Waals surface area contributed by atoms with Crippen LogP contribution in [0.15, 0.2) is 36.4 Å². The van der Waals surface area contributed by atoms with Crippen LogP contribution in [0.4, 0.5) is 0 Å². The first-order valence-corrected chi connectivity index (χ1v) is 5.83. The third kappa shape index (κ3) is 2.18. The fourth-order valence-corrected chi connectivity index (χ4v) is 1.89. The van der Waals surface area contributed by atoms with Gasteiger partial charge in [-0.15, -0.1) is 0 Å². The van der Waals surface area contributed by atoms with Crippen molar-refractivity contribution in [1.82, 2.24) is 4.98 Å². The molecular formula is C15H14N2O. The topological polar surface area (TPSA) is 56.9 Å². The summed E-state index contributed by atoms with van der Waals surface area (Å²) in [5.41, 5.74) is 2.92.